The summed E-state index contributed by atoms with van der Waals surface area (Å²) in [5.41, 5.74) is 7.52. The number of anilines is 1. The molecule has 0 unspecified atom stereocenters. The first-order valence-electron chi connectivity index (χ1n) is 5.05. The zero-order chi connectivity index (χ0) is 13.2. The van der Waals surface area contributed by atoms with Gasteiger partial charge in [0.1, 0.15) is 6.54 Å². The van der Waals surface area contributed by atoms with Gasteiger partial charge in [-0.2, -0.15) is 0 Å². The molecule has 17 heavy (non-hydrogen) atoms. The fourth-order valence-corrected chi connectivity index (χ4v) is 2.28. The molecule has 1 aromatic rings. The Kier molecular flexibility index (Phi) is 3.77. The first-order chi connectivity index (χ1) is 7.71. The van der Waals surface area contributed by atoms with Gasteiger partial charge < -0.3 is 5.73 Å². The number of hydrogen-bond donors (Lipinski definition) is 1. The van der Waals surface area contributed by atoms with E-state index in [1.54, 1.807) is 12.1 Å². The number of nitrogens with zero attached hydrogens (tertiary/aromatic N) is 1. The van der Waals surface area contributed by atoms with Gasteiger partial charge in [0, 0.05) is 0 Å². The number of amides is 1. The second kappa shape index (κ2) is 4.75. The van der Waals surface area contributed by atoms with Crippen LogP contribution in [-0.2, 0) is 14.8 Å². The highest BCUT2D eigenvalue weighted by Gasteiger charge is 2.19. The van der Waals surface area contributed by atoms with E-state index in [4.69, 9.17) is 5.73 Å². The van der Waals surface area contributed by atoms with Gasteiger partial charge >= 0.3 is 0 Å². The van der Waals surface area contributed by atoms with Crippen LogP contribution in [0.3, 0.4) is 0 Å². The van der Waals surface area contributed by atoms with Gasteiger partial charge in [-0.05, 0) is 37.1 Å². The highest BCUT2D eigenvalue weighted by atomic mass is 32.2. The molecular weight excluding hydrogens is 240 g/mol. The molecule has 0 aliphatic heterocycles. The molecule has 0 atom stereocenters. The maximum atomic E-state index is 11.6. The minimum Gasteiger partial charge on any atom is -0.368 e. The standard InChI is InChI=1S/C11H16N2O3S/c1-8-4-5-10(6-9(8)2)13(7-11(12)14)17(3,15)16/h4-6H,7H2,1-3H3,(H2,12,14). The average Bonchev–Trinajstić information content (AvgIpc) is 2.17. The fourth-order valence-electron chi connectivity index (χ4n) is 1.42. The third-order valence-corrected chi connectivity index (χ3v) is 3.62. The van der Waals surface area contributed by atoms with Crippen LogP contribution in [-0.4, -0.2) is 27.1 Å². The predicted molar refractivity (Wildman–Crippen MR) is 67.3 cm³/mol. The number of rotatable bonds is 4. The van der Waals surface area contributed by atoms with Crippen molar-refractivity contribution in [3.8, 4) is 0 Å². The van der Waals surface area contributed by atoms with Crippen molar-refractivity contribution < 1.29 is 13.2 Å². The van der Waals surface area contributed by atoms with Gasteiger partial charge in [-0.25, -0.2) is 8.42 Å². The van der Waals surface area contributed by atoms with Gasteiger partial charge in [0.15, 0.2) is 0 Å². The Balaban J connectivity index is 3.22. The van der Waals surface area contributed by atoms with E-state index in [-0.39, 0.29) is 6.54 Å². The van der Waals surface area contributed by atoms with Crippen LogP contribution < -0.4 is 10.0 Å². The number of benzene rings is 1. The van der Waals surface area contributed by atoms with E-state index in [0.29, 0.717) is 5.69 Å². The summed E-state index contributed by atoms with van der Waals surface area (Å²) in [7, 11) is -3.51. The van der Waals surface area contributed by atoms with E-state index in [2.05, 4.69) is 0 Å². The van der Waals surface area contributed by atoms with Crippen molar-refractivity contribution in [1.29, 1.82) is 0 Å². The summed E-state index contributed by atoms with van der Waals surface area (Å²) in [6.45, 7) is 3.46. The van der Waals surface area contributed by atoms with E-state index in [0.717, 1.165) is 21.7 Å². The SMILES string of the molecule is Cc1ccc(N(CC(N)=O)S(C)(=O)=O)cc1C. The summed E-state index contributed by atoms with van der Waals surface area (Å²) in [5.74, 6) is -0.686. The number of nitrogens with two attached hydrogens (primary N) is 1. The van der Waals surface area contributed by atoms with Gasteiger partial charge in [-0.1, -0.05) is 6.07 Å². The predicted octanol–water partition coefficient (Wildman–Crippen LogP) is 0.555. The number of carbonyl (C=O) groups excluding carboxylic acids is 1. The summed E-state index contributed by atoms with van der Waals surface area (Å²) < 4.78 is 24.2. The zero-order valence-electron chi connectivity index (χ0n) is 10.1. The summed E-state index contributed by atoms with van der Waals surface area (Å²) in [4.78, 5) is 10.9. The minimum atomic E-state index is -3.51. The van der Waals surface area contributed by atoms with Gasteiger partial charge in [0.05, 0.1) is 11.9 Å². The Bertz CT molecular complexity index is 538. The maximum Gasteiger partial charge on any atom is 0.238 e. The molecule has 0 aliphatic rings. The number of hydrogen-bond acceptors (Lipinski definition) is 3. The number of primary amides is 1. The van der Waals surface area contributed by atoms with Crippen molar-refractivity contribution >= 4 is 21.6 Å². The molecule has 1 rings (SSSR count). The minimum absolute atomic E-state index is 0.346. The first-order valence-corrected chi connectivity index (χ1v) is 6.90. The van der Waals surface area contributed by atoms with Gasteiger partial charge in [-0.15, -0.1) is 0 Å². The van der Waals surface area contributed by atoms with Crippen LogP contribution in [0.1, 0.15) is 11.1 Å². The number of aryl methyl sites for hydroxylation is 2. The van der Waals surface area contributed by atoms with Crippen LogP contribution in [0.2, 0.25) is 0 Å². The molecule has 0 fully saturated rings. The highest BCUT2D eigenvalue weighted by molar-refractivity contribution is 7.92. The molecule has 0 radical (unpaired) electrons. The van der Waals surface area contributed by atoms with E-state index >= 15 is 0 Å². The maximum absolute atomic E-state index is 11.6. The Morgan fingerprint density at radius 2 is 1.88 bits per heavy atom. The van der Waals surface area contributed by atoms with Crippen LogP contribution >= 0.6 is 0 Å². The molecule has 0 aliphatic carbocycles. The molecule has 1 aromatic carbocycles. The molecule has 0 saturated heterocycles. The molecule has 0 saturated carbocycles. The van der Waals surface area contributed by atoms with E-state index in [9.17, 15) is 13.2 Å². The third kappa shape index (κ3) is 3.45. The van der Waals surface area contributed by atoms with Crippen molar-refractivity contribution in [3.63, 3.8) is 0 Å². The average molecular weight is 256 g/mol. The largest absolute Gasteiger partial charge is 0.368 e. The van der Waals surface area contributed by atoms with Gasteiger partial charge in [-0.3, -0.25) is 9.10 Å². The van der Waals surface area contributed by atoms with Crippen LogP contribution in [0.25, 0.3) is 0 Å². The monoisotopic (exact) mass is 256 g/mol. The molecule has 1 amide bonds. The fraction of sp³-hybridized carbons (Fsp3) is 0.364. The zero-order valence-corrected chi connectivity index (χ0v) is 10.9. The quantitative estimate of drug-likeness (QED) is 0.854. The third-order valence-electron chi connectivity index (χ3n) is 2.48. The Labute approximate surface area is 101 Å². The molecule has 0 aromatic heterocycles. The van der Waals surface area contributed by atoms with Crippen molar-refractivity contribution in [2.45, 2.75) is 13.8 Å². The normalized spacial score (nSPS) is 11.2. The Hall–Kier alpha value is -1.56. The van der Waals surface area contributed by atoms with E-state index < -0.39 is 15.9 Å². The molecule has 5 nitrogen and oxygen atoms in total. The number of carbonyl (C=O) groups is 1. The first kappa shape index (κ1) is 13.5. The van der Waals surface area contributed by atoms with Crippen molar-refractivity contribution in [2.75, 3.05) is 17.1 Å². The lowest BCUT2D eigenvalue weighted by molar-refractivity contribution is -0.116. The summed E-state index contributed by atoms with van der Waals surface area (Å²) in [6, 6.07) is 5.19. The lowest BCUT2D eigenvalue weighted by Gasteiger charge is -2.21. The molecule has 0 spiro atoms. The summed E-state index contributed by atoms with van der Waals surface area (Å²) >= 11 is 0. The van der Waals surface area contributed by atoms with E-state index in [1.807, 2.05) is 19.9 Å². The topological polar surface area (TPSA) is 80.5 Å². The van der Waals surface area contributed by atoms with Gasteiger partial charge in [0.2, 0.25) is 15.9 Å². The van der Waals surface area contributed by atoms with Crippen LogP contribution in [0.4, 0.5) is 5.69 Å². The number of sulfonamides is 1. The second-order valence-electron chi connectivity index (χ2n) is 4.00. The Morgan fingerprint density at radius 3 is 2.29 bits per heavy atom. The van der Waals surface area contributed by atoms with Crippen molar-refractivity contribution in [2.24, 2.45) is 5.73 Å². The van der Waals surface area contributed by atoms with Crippen LogP contribution in [0, 0.1) is 13.8 Å². The summed E-state index contributed by atoms with van der Waals surface area (Å²) in [5, 5.41) is 0. The highest BCUT2D eigenvalue weighted by Crippen LogP contribution is 2.20. The smallest absolute Gasteiger partial charge is 0.238 e. The molecule has 6 heteroatoms. The lowest BCUT2D eigenvalue weighted by atomic mass is 10.1. The van der Waals surface area contributed by atoms with Crippen molar-refractivity contribution in [1.82, 2.24) is 0 Å². The summed E-state index contributed by atoms with van der Waals surface area (Å²) in [6.07, 6.45) is 1.05. The van der Waals surface area contributed by atoms with E-state index in [1.165, 1.54) is 0 Å². The lowest BCUT2D eigenvalue weighted by Crippen LogP contribution is -2.37. The Morgan fingerprint density at radius 1 is 1.29 bits per heavy atom. The second-order valence-corrected chi connectivity index (χ2v) is 5.91. The van der Waals surface area contributed by atoms with Crippen LogP contribution in [0.5, 0.6) is 0 Å². The molecular formula is C11H16N2O3S. The molecule has 0 heterocycles. The molecule has 94 valence electrons. The molecule has 0 bridgehead atoms. The van der Waals surface area contributed by atoms with Crippen molar-refractivity contribution in [3.05, 3.63) is 29.3 Å². The van der Waals surface area contributed by atoms with Gasteiger partial charge in [0.25, 0.3) is 0 Å². The van der Waals surface area contributed by atoms with Crippen LogP contribution in [0.15, 0.2) is 18.2 Å². The molecule has 2 N–H and O–H groups in total.